The Hall–Kier alpha value is -0.590. The third kappa shape index (κ3) is 1.17. The predicted molar refractivity (Wildman–Crippen MR) is 51.3 cm³/mol. The first kappa shape index (κ1) is 7.78. The number of hydrogen-bond acceptors (Lipinski definition) is 1. The SMILES string of the molecule is O=C1C=C(C2CC3CCC2C3)CC1. The molecule has 1 nitrogen and oxygen atoms in total. The molecule has 1 heteroatoms. The normalized spacial score (nSPS) is 42.9. The molecule has 2 saturated carbocycles. The van der Waals surface area contributed by atoms with Gasteiger partial charge in [-0.15, -0.1) is 0 Å². The monoisotopic (exact) mass is 176 g/mol. The van der Waals surface area contributed by atoms with Gasteiger partial charge in [0.1, 0.15) is 0 Å². The van der Waals surface area contributed by atoms with Crippen LogP contribution in [0.25, 0.3) is 0 Å². The molecule has 0 radical (unpaired) electrons. The minimum atomic E-state index is 0.373. The Morgan fingerprint density at radius 2 is 2.08 bits per heavy atom. The van der Waals surface area contributed by atoms with E-state index in [9.17, 15) is 4.79 Å². The zero-order chi connectivity index (χ0) is 8.84. The highest BCUT2D eigenvalue weighted by Crippen LogP contribution is 2.52. The highest BCUT2D eigenvalue weighted by atomic mass is 16.1. The molecule has 0 saturated heterocycles. The molecule has 70 valence electrons. The average molecular weight is 176 g/mol. The number of carbonyl (C=O) groups is 1. The molecule has 3 aliphatic rings. The summed E-state index contributed by atoms with van der Waals surface area (Å²) < 4.78 is 0. The summed E-state index contributed by atoms with van der Waals surface area (Å²) in [5, 5.41) is 0. The number of hydrogen-bond donors (Lipinski definition) is 0. The largest absolute Gasteiger partial charge is 0.295 e. The van der Waals surface area contributed by atoms with Gasteiger partial charge in [0.15, 0.2) is 5.78 Å². The van der Waals surface area contributed by atoms with Crippen molar-refractivity contribution < 1.29 is 4.79 Å². The number of rotatable bonds is 1. The van der Waals surface area contributed by atoms with Gasteiger partial charge in [-0.25, -0.2) is 0 Å². The van der Waals surface area contributed by atoms with Crippen molar-refractivity contribution in [2.75, 3.05) is 0 Å². The first-order chi connectivity index (χ1) is 6.33. The van der Waals surface area contributed by atoms with Crippen LogP contribution in [-0.2, 0) is 4.79 Å². The molecule has 3 rings (SSSR count). The Labute approximate surface area is 79.2 Å². The molecule has 2 fully saturated rings. The second-order valence-electron chi connectivity index (χ2n) is 4.97. The Bertz CT molecular complexity index is 277. The number of carbonyl (C=O) groups excluding carboxylic acids is 1. The molecule has 0 N–H and O–H groups in total. The van der Waals surface area contributed by atoms with Crippen LogP contribution in [-0.4, -0.2) is 5.78 Å². The van der Waals surface area contributed by atoms with Crippen molar-refractivity contribution in [2.24, 2.45) is 17.8 Å². The molecule has 3 unspecified atom stereocenters. The average Bonchev–Trinajstić information content (AvgIpc) is 2.77. The summed E-state index contributed by atoms with van der Waals surface area (Å²) in [7, 11) is 0. The van der Waals surface area contributed by atoms with Crippen LogP contribution < -0.4 is 0 Å². The standard InChI is InChI=1S/C12H16O/c13-11-4-3-10(7-11)12-6-8-1-2-9(12)5-8/h7-9,12H,1-6H2. The van der Waals surface area contributed by atoms with E-state index >= 15 is 0 Å². The zero-order valence-corrected chi connectivity index (χ0v) is 7.96. The van der Waals surface area contributed by atoms with Gasteiger partial charge in [-0.05, 0) is 49.5 Å². The molecule has 0 heterocycles. The number of ketones is 1. The Balaban J connectivity index is 1.80. The fraction of sp³-hybridized carbons (Fsp3) is 0.750. The van der Waals surface area contributed by atoms with Crippen LogP contribution >= 0.6 is 0 Å². The third-order valence-electron chi connectivity index (χ3n) is 4.22. The lowest BCUT2D eigenvalue weighted by atomic mass is 9.83. The minimum absolute atomic E-state index is 0.373. The topological polar surface area (TPSA) is 17.1 Å². The van der Waals surface area contributed by atoms with Crippen LogP contribution in [0.4, 0.5) is 0 Å². The molecular weight excluding hydrogens is 160 g/mol. The Kier molecular flexibility index (Phi) is 1.61. The summed E-state index contributed by atoms with van der Waals surface area (Å²) in [4.78, 5) is 11.1. The lowest BCUT2D eigenvalue weighted by Gasteiger charge is -2.22. The van der Waals surface area contributed by atoms with Crippen LogP contribution in [0.15, 0.2) is 11.6 Å². The highest BCUT2D eigenvalue weighted by molar-refractivity contribution is 5.93. The summed E-state index contributed by atoms with van der Waals surface area (Å²) in [6, 6.07) is 0. The van der Waals surface area contributed by atoms with E-state index in [1.54, 1.807) is 0 Å². The molecule has 0 amide bonds. The van der Waals surface area contributed by atoms with Crippen molar-refractivity contribution in [2.45, 2.75) is 38.5 Å². The zero-order valence-electron chi connectivity index (χ0n) is 7.96. The van der Waals surface area contributed by atoms with Gasteiger partial charge in [0, 0.05) is 6.42 Å². The van der Waals surface area contributed by atoms with Crippen LogP contribution in [0.1, 0.15) is 38.5 Å². The maximum Gasteiger partial charge on any atom is 0.155 e. The van der Waals surface area contributed by atoms with Gasteiger partial charge in [0.2, 0.25) is 0 Å². The molecule has 13 heavy (non-hydrogen) atoms. The molecule has 0 aromatic heterocycles. The molecule has 0 aromatic carbocycles. The number of fused-ring (bicyclic) bond motifs is 2. The van der Waals surface area contributed by atoms with E-state index in [4.69, 9.17) is 0 Å². The van der Waals surface area contributed by atoms with Gasteiger partial charge < -0.3 is 0 Å². The van der Waals surface area contributed by atoms with Gasteiger partial charge in [-0.1, -0.05) is 12.0 Å². The fourth-order valence-electron chi connectivity index (χ4n) is 3.61. The van der Waals surface area contributed by atoms with Crippen molar-refractivity contribution in [3.05, 3.63) is 11.6 Å². The maximum atomic E-state index is 11.1. The second-order valence-corrected chi connectivity index (χ2v) is 4.97. The van der Waals surface area contributed by atoms with E-state index in [1.165, 1.54) is 31.3 Å². The van der Waals surface area contributed by atoms with Gasteiger partial charge in [0.05, 0.1) is 0 Å². The van der Waals surface area contributed by atoms with Crippen molar-refractivity contribution in [1.29, 1.82) is 0 Å². The van der Waals surface area contributed by atoms with E-state index in [2.05, 4.69) is 0 Å². The molecule has 0 spiro atoms. The van der Waals surface area contributed by atoms with Crippen molar-refractivity contribution in [3.63, 3.8) is 0 Å². The van der Waals surface area contributed by atoms with E-state index in [-0.39, 0.29) is 0 Å². The van der Waals surface area contributed by atoms with Gasteiger partial charge in [0.25, 0.3) is 0 Å². The smallest absolute Gasteiger partial charge is 0.155 e. The van der Waals surface area contributed by atoms with Gasteiger partial charge >= 0.3 is 0 Å². The van der Waals surface area contributed by atoms with E-state index in [0.29, 0.717) is 5.78 Å². The quantitative estimate of drug-likeness (QED) is 0.600. The molecule has 3 atom stereocenters. The van der Waals surface area contributed by atoms with E-state index in [1.807, 2.05) is 6.08 Å². The Morgan fingerprint density at radius 3 is 2.62 bits per heavy atom. The maximum absolute atomic E-state index is 11.1. The molecule has 0 aromatic rings. The van der Waals surface area contributed by atoms with Crippen LogP contribution in [0, 0.1) is 17.8 Å². The first-order valence-electron chi connectivity index (χ1n) is 5.56. The summed E-state index contributed by atoms with van der Waals surface area (Å²) in [6.45, 7) is 0. The van der Waals surface area contributed by atoms with Crippen LogP contribution in [0.3, 0.4) is 0 Å². The fourth-order valence-corrected chi connectivity index (χ4v) is 3.61. The summed E-state index contributed by atoms with van der Waals surface area (Å²) >= 11 is 0. The summed E-state index contributed by atoms with van der Waals surface area (Å²) in [6.07, 6.45) is 9.56. The highest BCUT2D eigenvalue weighted by Gasteiger charge is 2.41. The molecule has 2 bridgehead atoms. The van der Waals surface area contributed by atoms with Gasteiger partial charge in [-0.3, -0.25) is 4.79 Å². The lowest BCUT2D eigenvalue weighted by molar-refractivity contribution is -0.114. The lowest BCUT2D eigenvalue weighted by Crippen LogP contribution is -2.11. The molecule has 3 aliphatic carbocycles. The van der Waals surface area contributed by atoms with Crippen molar-refractivity contribution >= 4 is 5.78 Å². The molecule has 0 aliphatic heterocycles. The Morgan fingerprint density at radius 1 is 1.15 bits per heavy atom. The van der Waals surface area contributed by atoms with E-state index < -0.39 is 0 Å². The second kappa shape index (κ2) is 2.70. The van der Waals surface area contributed by atoms with Crippen LogP contribution in [0.5, 0.6) is 0 Å². The summed E-state index contributed by atoms with van der Waals surface area (Å²) in [5.41, 5.74) is 1.50. The van der Waals surface area contributed by atoms with Gasteiger partial charge in [-0.2, -0.15) is 0 Å². The van der Waals surface area contributed by atoms with Crippen LogP contribution in [0.2, 0.25) is 0 Å². The summed E-state index contributed by atoms with van der Waals surface area (Å²) in [5.74, 6) is 3.14. The van der Waals surface area contributed by atoms with Crippen molar-refractivity contribution in [3.8, 4) is 0 Å². The predicted octanol–water partition coefficient (Wildman–Crippen LogP) is 2.71. The van der Waals surface area contributed by atoms with Crippen molar-refractivity contribution in [1.82, 2.24) is 0 Å². The number of allylic oxidation sites excluding steroid dienone is 2. The third-order valence-corrected chi connectivity index (χ3v) is 4.22. The first-order valence-corrected chi connectivity index (χ1v) is 5.56. The van der Waals surface area contributed by atoms with E-state index in [0.717, 1.165) is 30.6 Å². The molecular formula is C12H16O. The minimum Gasteiger partial charge on any atom is -0.295 e.